The van der Waals surface area contributed by atoms with E-state index < -0.39 is 0 Å². The van der Waals surface area contributed by atoms with Crippen LogP contribution in [0.1, 0.15) is 0 Å². The van der Waals surface area contributed by atoms with Crippen molar-refractivity contribution in [2.45, 2.75) is 0 Å². The first-order chi connectivity index (χ1) is 26.7. The Hall–Kier alpha value is -6.74. The molecule has 54 heavy (non-hydrogen) atoms. The molecule has 0 amide bonds. The predicted molar refractivity (Wildman–Crippen MR) is 221 cm³/mol. The van der Waals surface area contributed by atoms with Crippen molar-refractivity contribution >= 4 is 104 Å². The molecule has 8 aromatic carbocycles. The first kappa shape index (κ1) is 28.8. The summed E-state index contributed by atoms with van der Waals surface area (Å²) in [6.07, 6.45) is 0. The van der Waals surface area contributed by atoms with Crippen LogP contribution in [-0.4, -0.2) is 9.97 Å². The van der Waals surface area contributed by atoms with E-state index in [9.17, 15) is 0 Å². The number of nitrogens with zero attached hydrogens (tertiary/aromatic N) is 3. The highest BCUT2D eigenvalue weighted by Gasteiger charge is 2.38. The van der Waals surface area contributed by atoms with Crippen LogP contribution in [0.15, 0.2) is 144 Å². The minimum atomic E-state index is 0.628. The molecular weight excluding hydrogens is 707 g/mol. The lowest BCUT2D eigenvalue weighted by molar-refractivity contribution is 0.444. The summed E-state index contributed by atoms with van der Waals surface area (Å²) in [5.74, 6) is 2.80. The Balaban J connectivity index is 1.04. The van der Waals surface area contributed by atoms with Gasteiger partial charge < -0.3 is 13.9 Å². The van der Waals surface area contributed by atoms with Gasteiger partial charge in [0.15, 0.2) is 28.6 Å². The van der Waals surface area contributed by atoms with Gasteiger partial charge in [-0.05, 0) is 113 Å². The summed E-state index contributed by atoms with van der Waals surface area (Å²) in [7, 11) is 0. The number of rotatable bonds is 2. The van der Waals surface area contributed by atoms with Gasteiger partial charge in [0, 0.05) is 21.9 Å². The van der Waals surface area contributed by atoms with Crippen LogP contribution in [0.2, 0.25) is 0 Å². The van der Waals surface area contributed by atoms with Crippen molar-refractivity contribution in [3.63, 3.8) is 0 Å². The number of fused-ring (bicyclic) bond motifs is 12. The number of ether oxygens (including phenoxy) is 2. The van der Waals surface area contributed by atoms with Gasteiger partial charge in [-0.1, -0.05) is 48.5 Å². The molecular formula is C46H23N3O3S2. The Morgan fingerprint density at radius 1 is 0.481 bits per heavy atom. The SMILES string of the molecule is c1ccc2cc3cc4c(cc3cc2c1)oc1c2c3c(cc14)Oc1cc(-c4nc5ccccc5s4)ccc1N3c1ccc(-c3nc4ccccc4s3)cc1O2. The normalized spacial score (nSPS) is 13.1. The zero-order chi connectivity index (χ0) is 35.1. The van der Waals surface area contributed by atoms with Crippen molar-refractivity contribution < 1.29 is 13.9 Å². The number of hydrogen-bond acceptors (Lipinski definition) is 8. The van der Waals surface area contributed by atoms with Crippen molar-refractivity contribution in [2.75, 3.05) is 4.90 Å². The van der Waals surface area contributed by atoms with Gasteiger partial charge in [0.1, 0.15) is 21.3 Å². The van der Waals surface area contributed by atoms with Gasteiger partial charge in [0.25, 0.3) is 0 Å². The Kier molecular flexibility index (Phi) is 5.57. The number of hydrogen-bond donors (Lipinski definition) is 0. The smallest absolute Gasteiger partial charge is 0.198 e. The third kappa shape index (κ3) is 4.03. The molecule has 0 atom stereocenters. The molecule has 0 bridgehead atoms. The average Bonchev–Trinajstić information content (AvgIpc) is 3.94. The van der Waals surface area contributed by atoms with Crippen LogP contribution < -0.4 is 14.4 Å². The second kappa shape index (κ2) is 10.4. The lowest BCUT2D eigenvalue weighted by atomic mass is 10.0. The molecule has 2 aliphatic heterocycles. The van der Waals surface area contributed by atoms with E-state index in [1.165, 1.54) is 10.8 Å². The maximum atomic E-state index is 6.96. The summed E-state index contributed by atoms with van der Waals surface area (Å²) in [6.45, 7) is 0. The quantitative estimate of drug-likeness (QED) is 0.165. The van der Waals surface area contributed by atoms with Gasteiger partial charge in [-0.25, -0.2) is 9.97 Å². The number of anilines is 3. The minimum absolute atomic E-state index is 0.628. The number of thiazole rings is 2. The van der Waals surface area contributed by atoms with Gasteiger partial charge in [-0.3, -0.25) is 4.90 Å². The van der Waals surface area contributed by atoms with E-state index >= 15 is 0 Å². The van der Waals surface area contributed by atoms with Crippen molar-refractivity contribution in [1.29, 1.82) is 0 Å². The van der Waals surface area contributed by atoms with E-state index in [1.807, 2.05) is 12.1 Å². The summed E-state index contributed by atoms with van der Waals surface area (Å²) < 4.78 is 22.9. The predicted octanol–water partition coefficient (Wildman–Crippen LogP) is 14.1. The van der Waals surface area contributed by atoms with Crippen LogP contribution in [0, 0.1) is 0 Å². The molecule has 252 valence electrons. The highest BCUT2D eigenvalue weighted by atomic mass is 32.1. The summed E-state index contributed by atoms with van der Waals surface area (Å²) >= 11 is 3.36. The molecule has 0 unspecified atom stereocenters. The van der Waals surface area contributed by atoms with Gasteiger partial charge in [-0.2, -0.15) is 0 Å². The van der Waals surface area contributed by atoms with Crippen molar-refractivity contribution in [3.8, 4) is 44.1 Å². The summed E-state index contributed by atoms with van der Waals surface area (Å²) in [4.78, 5) is 12.2. The van der Waals surface area contributed by atoms with E-state index in [1.54, 1.807) is 22.7 Å². The molecule has 0 aliphatic carbocycles. The summed E-state index contributed by atoms with van der Waals surface area (Å²) in [6, 6.07) is 48.6. The highest BCUT2D eigenvalue weighted by Crippen LogP contribution is 2.63. The van der Waals surface area contributed by atoms with E-state index in [0.29, 0.717) is 17.1 Å². The molecule has 6 nitrogen and oxygen atoms in total. The van der Waals surface area contributed by atoms with E-state index in [4.69, 9.17) is 23.9 Å². The van der Waals surface area contributed by atoms with Gasteiger partial charge in [0.2, 0.25) is 0 Å². The zero-order valence-corrected chi connectivity index (χ0v) is 29.8. The Morgan fingerprint density at radius 2 is 1.07 bits per heavy atom. The molecule has 5 heterocycles. The first-order valence-corrected chi connectivity index (χ1v) is 19.3. The molecule has 0 saturated carbocycles. The van der Waals surface area contributed by atoms with Gasteiger partial charge in [-0.15, -0.1) is 22.7 Å². The molecule has 8 heteroatoms. The standard InChI is InChI=1S/C46H23N3O3S2/c1-2-8-25-18-29-22-36-30(19-28(29)17-24(25)7-1)31-23-39-42-44(43(31)51-36)52-38-21-27(46-48-33-10-4-6-12-41(33)54-46)14-16-35(38)49(42)34-15-13-26(20-37(34)50-39)45-47-32-9-3-5-11-40(32)53-45/h1-23H. The van der Waals surface area contributed by atoms with E-state index in [-0.39, 0.29) is 0 Å². The second-order valence-electron chi connectivity index (χ2n) is 13.8. The molecule has 2 aliphatic rings. The van der Waals surface area contributed by atoms with Crippen molar-refractivity contribution in [3.05, 3.63) is 140 Å². The molecule has 0 radical (unpaired) electrons. The Bertz CT molecular complexity index is 3360. The second-order valence-corrected chi connectivity index (χ2v) is 15.9. The fourth-order valence-corrected chi connectivity index (χ4v) is 10.0. The monoisotopic (exact) mass is 729 g/mol. The molecule has 0 spiro atoms. The molecule has 0 N–H and O–H groups in total. The average molecular weight is 730 g/mol. The molecule has 0 saturated heterocycles. The minimum Gasteiger partial charge on any atom is -0.453 e. The molecule has 11 aromatic rings. The molecule has 3 aromatic heterocycles. The Morgan fingerprint density at radius 3 is 1.72 bits per heavy atom. The third-order valence-electron chi connectivity index (χ3n) is 10.6. The topological polar surface area (TPSA) is 60.6 Å². The van der Waals surface area contributed by atoms with Crippen molar-refractivity contribution in [2.24, 2.45) is 0 Å². The van der Waals surface area contributed by atoms with Gasteiger partial charge >= 0.3 is 0 Å². The summed E-state index contributed by atoms with van der Waals surface area (Å²) in [5.41, 5.74) is 8.11. The lowest BCUT2D eigenvalue weighted by Gasteiger charge is -2.38. The largest absolute Gasteiger partial charge is 0.453 e. The van der Waals surface area contributed by atoms with Crippen LogP contribution in [0.5, 0.6) is 23.0 Å². The number of aromatic nitrogens is 2. The highest BCUT2D eigenvalue weighted by molar-refractivity contribution is 7.22. The van der Waals surface area contributed by atoms with Crippen LogP contribution in [-0.2, 0) is 0 Å². The zero-order valence-electron chi connectivity index (χ0n) is 28.2. The number of para-hydroxylation sites is 2. The lowest BCUT2D eigenvalue weighted by Crippen LogP contribution is -2.20. The first-order valence-electron chi connectivity index (χ1n) is 17.7. The number of benzene rings is 8. The fourth-order valence-electron chi connectivity index (χ4n) is 8.09. The van der Waals surface area contributed by atoms with Crippen LogP contribution in [0.3, 0.4) is 0 Å². The van der Waals surface area contributed by atoms with Crippen LogP contribution in [0.25, 0.3) is 85.1 Å². The maximum Gasteiger partial charge on any atom is 0.198 e. The molecule has 13 rings (SSSR count). The van der Waals surface area contributed by atoms with Gasteiger partial charge in [0.05, 0.1) is 31.8 Å². The fraction of sp³-hybridized carbons (Fsp3) is 0. The van der Waals surface area contributed by atoms with Crippen LogP contribution >= 0.6 is 22.7 Å². The molecule has 0 fully saturated rings. The van der Waals surface area contributed by atoms with Crippen molar-refractivity contribution in [1.82, 2.24) is 9.97 Å². The van der Waals surface area contributed by atoms with E-state index in [2.05, 4.69) is 132 Å². The Labute approximate surface area is 314 Å². The summed E-state index contributed by atoms with van der Waals surface area (Å²) in [5, 5.41) is 8.51. The number of furan rings is 1. The maximum absolute atomic E-state index is 6.96. The van der Waals surface area contributed by atoms with E-state index in [0.717, 1.165) is 97.3 Å². The van der Waals surface area contributed by atoms with Crippen LogP contribution in [0.4, 0.5) is 17.1 Å². The third-order valence-corrected chi connectivity index (χ3v) is 12.8.